The van der Waals surface area contributed by atoms with Crippen molar-refractivity contribution < 1.29 is 14.2 Å². The number of rotatable bonds is 7. The number of benzene rings is 3. The first-order valence-corrected chi connectivity index (χ1v) is 9.21. The lowest BCUT2D eigenvalue weighted by atomic mass is 10.0. The Kier molecular flexibility index (Phi) is 6.08. The molecule has 0 aliphatic heterocycles. The van der Waals surface area contributed by atoms with Crippen LogP contribution in [0.2, 0.25) is 0 Å². The van der Waals surface area contributed by atoms with E-state index in [9.17, 15) is 0 Å². The fraction of sp³-hybridized carbons (Fsp3) is 0.182. The second-order valence-corrected chi connectivity index (χ2v) is 6.85. The van der Waals surface area contributed by atoms with Crippen LogP contribution in [0.3, 0.4) is 0 Å². The van der Waals surface area contributed by atoms with E-state index in [4.69, 9.17) is 14.2 Å². The van der Waals surface area contributed by atoms with E-state index in [0.29, 0.717) is 5.75 Å². The van der Waals surface area contributed by atoms with E-state index in [0.717, 1.165) is 17.1 Å². The van der Waals surface area contributed by atoms with Gasteiger partial charge in [0, 0.05) is 17.0 Å². The van der Waals surface area contributed by atoms with Crippen LogP contribution in [-0.4, -0.2) is 21.3 Å². The van der Waals surface area contributed by atoms with Gasteiger partial charge in [-0.05, 0) is 17.7 Å². The van der Waals surface area contributed by atoms with Gasteiger partial charge >= 0.3 is 0 Å². The average Bonchev–Trinajstić information content (AvgIpc) is 2.72. The molecule has 0 aliphatic rings. The predicted octanol–water partition coefficient (Wildman–Crippen LogP) is 5.59. The van der Waals surface area contributed by atoms with Crippen molar-refractivity contribution in [3.63, 3.8) is 0 Å². The highest BCUT2D eigenvalue weighted by molar-refractivity contribution is 7.99. The van der Waals surface area contributed by atoms with Crippen LogP contribution in [-0.2, 0) is 0 Å². The van der Waals surface area contributed by atoms with Crippen LogP contribution in [0.15, 0.2) is 77.7 Å². The van der Waals surface area contributed by atoms with Crippen LogP contribution in [0.5, 0.6) is 17.2 Å². The maximum Gasteiger partial charge on any atom is 0.130 e. The van der Waals surface area contributed by atoms with Gasteiger partial charge in [0.1, 0.15) is 17.2 Å². The molecular formula is C22H22O3S. The molecule has 3 aromatic carbocycles. The number of thioether (sulfide) groups is 1. The molecule has 3 rings (SSSR count). The highest BCUT2D eigenvalue weighted by Gasteiger charge is 2.25. The first-order valence-electron chi connectivity index (χ1n) is 8.33. The van der Waals surface area contributed by atoms with Gasteiger partial charge in [-0.2, -0.15) is 0 Å². The molecule has 1 atom stereocenters. The summed E-state index contributed by atoms with van der Waals surface area (Å²) in [4.78, 5) is 1.18. The summed E-state index contributed by atoms with van der Waals surface area (Å²) in [5.74, 6) is 2.20. The predicted molar refractivity (Wildman–Crippen MR) is 107 cm³/mol. The van der Waals surface area contributed by atoms with Crippen molar-refractivity contribution in [1.29, 1.82) is 0 Å². The first-order chi connectivity index (χ1) is 12.8. The van der Waals surface area contributed by atoms with Crippen LogP contribution >= 0.6 is 11.8 Å². The summed E-state index contributed by atoms with van der Waals surface area (Å²) >= 11 is 1.77. The zero-order chi connectivity index (χ0) is 18.4. The van der Waals surface area contributed by atoms with Crippen molar-refractivity contribution >= 4 is 11.8 Å². The fourth-order valence-electron chi connectivity index (χ4n) is 2.85. The summed E-state index contributed by atoms with van der Waals surface area (Å²) in [6.07, 6.45) is 0. The van der Waals surface area contributed by atoms with Gasteiger partial charge in [0.15, 0.2) is 0 Å². The Balaban J connectivity index is 2.15. The third kappa shape index (κ3) is 3.97. The summed E-state index contributed by atoms with van der Waals surface area (Å²) in [6.45, 7) is 0. The normalized spacial score (nSPS) is 11.7. The zero-order valence-corrected chi connectivity index (χ0v) is 16.0. The Morgan fingerprint density at radius 3 is 1.73 bits per heavy atom. The fourth-order valence-corrected chi connectivity index (χ4v) is 4.08. The lowest BCUT2D eigenvalue weighted by molar-refractivity contribution is 0.369. The molecule has 0 fully saturated rings. The number of hydrogen-bond donors (Lipinski definition) is 0. The van der Waals surface area contributed by atoms with Gasteiger partial charge in [0.25, 0.3) is 0 Å². The Hall–Kier alpha value is -2.59. The smallest absolute Gasteiger partial charge is 0.130 e. The maximum atomic E-state index is 5.70. The molecule has 4 heteroatoms. The highest BCUT2D eigenvalue weighted by Crippen LogP contribution is 2.49. The minimum absolute atomic E-state index is 0.0226. The summed E-state index contributed by atoms with van der Waals surface area (Å²) in [5, 5.41) is 0.0226. The molecule has 0 saturated heterocycles. The molecule has 0 bridgehead atoms. The Bertz CT molecular complexity index is 810. The summed E-state index contributed by atoms with van der Waals surface area (Å²) in [7, 11) is 4.99. The zero-order valence-electron chi connectivity index (χ0n) is 15.1. The van der Waals surface area contributed by atoms with E-state index in [1.165, 1.54) is 10.5 Å². The van der Waals surface area contributed by atoms with Gasteiger partial charge < -0.3 is 14.2 Å². The molecule has 0 saturated carbocycles. The third-order valence-electron chi connectivity index (χ3n) is 4.11. The average molecular weight is 366 g/mol. The number of ether oxygens (including phenoxy) is 3. The molecule has 0 spiro atoms. The summed E-state index contributed by atoms with van der Waals surface area (Å²) < 4.78 is 16.8. The second-order valence-electron chi connectivity index (χ2n) is 5.67. The molecule has 0 aliphatic carbocycles. The SMILES string of the molecule is COc1cc(OC)c(C(Sc2ccccc2)c2ccccc2)c(OC)c1. The topological polar surface area (TPSA) is 27.7 Å². The lowest BCUT2D eigenvalue weighted by Gasteiger charge is -2.23. The second kappa shape index (κ2) is 8.68. The van der Waals surface area contributed by atoms with Crippen molar-refractivity contribution in [3.05, 3.63) is 83.9 Å². The Morgan fingerprint density at radius 1 is 0.692 bits per heavy atom. The minimum atomic E-state index is 0.0226. The molecule has 0 radical (unpaired) electrons. The van der Waals surface area contributed by atoms with Gasteiger partial charge in [-0.1, -0.05) is 48.5 Å². The van der Waals surface area contributed by atoms with Crippen LogP contribution < -0.4 is 14.2 Å². The van der Waals surface area contributed by atoms with Crippen molar-refractivity contribution in [2.24, 2.45) is 0 Å². The van der Waals surface area contributed by atoms with Gasteiger partial charge in [-0.25, -0.2) is 0 Å². The highest BCUT2D eigenvalue weighted by atomic mass is 32.2. The first kappa shape index (κ1) is 18.2. The van der Waals surface area contributed by atoms with E-state index in [1.54, 1.807) is 33.1 Å². The Labute approximate surface area is 158 Å². The van der Waals surface area contributed by atoms with Crippen molar-refractivity contribution in [3.8, 4) is 17.2 Å². The monoisotopic (exact) mass is 366 g/mol. The molecule has 134 valence electrons. The van der Waals surface area contributed by atoms with Gasteiger partial charge in [0.05, 0.1) is 32.1 Å². The largest absolute Gasteiger partial charge is 0.496 e. The number of hydrogen-bond acceptors (Lipinski definition) is 4. The van der Waals surface area contributed by atoms with Gasteiger partial charge in [-0.3, -0.25) is 0 Å². The van der Waals surface area contributed by atoms with E-state index < -0.39 is 0 Å². The van der Waals surface area contributed by atoms with Crippen molar-refractivity contribution in [2.75, 3.05) is 21.3 Å². The van der Waals surface area contributed by atoms with E-state index in [1.807, 2.05) is 36.4 Å². The van der Waals surface area contributed by atoms with Crippen LogP contribution in [0, 0.1) is 0 Å². The van der Waals surface area contributed by atoms with E-state index >= 15 is 0 Å². The van der Waals surface area contributed by atoms with Crippen LogP contribution in [0.25, 0.3) is 0 Å². The summed E-state index contributed by atoms with van der Waals surface area (Å²) in [5.41, 5.74) is 2.18. The van der Waals surface area contributed by atoms with Crippen molar-refractivity contribution in [1.82, 2.24) is 0 Å². The standard InChI is InChI=1S/C22H22O3S/c1-23-17-14-19(24-2)21(20(15-17)25-3)22(16-10-6-4-7-11-16)26-18-12-8-5-9-13-18/h4-15,22H,1-3H3. The quantitative estimate of drug-likeness (QED) is 0.509. The molecule has 26 heavy (non-hydrogen) atoms. The van der Waals surface area contributed by atoms with E-state index in [-0.39, 0.29) is 5.25 Å². The minimum Gasteiger partial charge on any atom is -0.496 e. The van der Waals surface area contributed by atoms with Crippen LogP contribution in [0.4, 0.5) is 0 Å². The molecule has 0 aromatic heterocycles. The number of methoxy groups -OCH3 is 3. The third-order valence-corrected chi connectivity index (χ3v) is 5.40. The maximum absolute atomic E-state index is 5.70. The van der Waals surface area contributed by atoms with E-state index in [2.05, 4.69) is 36.4 Å². The lowest BCUT2D eigenvalue weighted by Crippen LogP contribution is -2.04. The molecule has 0 heterocycles. The molecule has 1 unspecified atom stereocenters. The van der Waals surface area contributed by atoms with Crippen molar-refractivity contribution in [2.45, 2.75) is 10.1 Å². The molecule has 3 aromatic rings. The van der Waals surface area contributed by atoms with Crippen LogP contribution in [0.1, 0.15) is 16.4 Å². The van der Waals surface area contributed by atoms with Gasteiger partial charge in [-0.15, -0.1) is 11.8 Å². The molecule has 0 amide bonds. The van der Waals surface area contributed by atoms with Gasteiger partial charge in [0.2, 0.25) is 0 Å². The molecular weight excluding hydrogens is 344 g/mol. The molecule has 0 N–H and O–H groups in total. The Morgan fingerprint density at radius 2 is 1.23 bits per heavy atom. The summed E-state index contributed by atoms with van der Waals surface area (Å²) in [6, 6.07) is 24.5. The molecule has 3 nitrogen and oxygen atoms in total.